The van der Waals surface area contributed by atoms with E-state index in [0.717, 1.165) is 44.2 Å². The van der Waals surface area contributed by atoms with Gasteiger partial charge in [0.15, 0.2) is 17.5 Å². The van der Waals surface area contributed by atoms with Gasteiger partial charge in [-0.2, -0.15) is 0 Å². The Morgan fingerprint density at radius 1 is 0.800 bits per heavy atom. The lowest BCUT2D eigenvalue weighted by Crippen LogP contribution is -2.33. The van der Waals surface area contributed by atoms with E-state index < -0.39 is 28.9 Å². The van der Waals surface area contributed by atoms with Crippen molar-refractivity contribution in [3.63, 3.8) is 0 Å². The van der Waals surface area contributed by atoms with Crippen LogP contribution in [0.4, 0.5) is 13.2 Å². The van der Waals surface area contributed by atoms with Crippen molar-refractivity contribution in [2.24, 2.45) is 0 Å². The van der Waals surface area contributed by atoms with E-state index in [-0.39, 0.29) is 0 Å². The Hall–Kier alpha value is -1.52. The predicted molar refractivity (Wildman–Crippen MR) is 95.1 cm³/mol. The maximum Gasteiger partial charge on any atom is 0.256 e. The first kappa shape index (κ1) is 21.5. The minimum absolute atomic E-state index is 0.391. The van der Waals surface area contributed by atoms with Gasteiger partial charge in [-0.25, -0.2) is 13.2 Å². The van der Waals surface area contributed by atoms with E-state index in [9.17, 15) is 18.0 Å². The van der Waals surface area contributed by atoms with Crippen LogP contribution in [0.5, 0.6) is 0 Å². The van der Waals surface area contributed by atoms with Crippen LogP contribution in [0.3, 0.4) is 0 Å². The third-order valence-electron chi connectivity index (χ3n) is 4.37. The van der Waals surface area contributed by atoms with Crippen LogP contribution in [0.1, 0.15) is 82.0 Å². The molecule has 1 amide bonds. The zero-order valence-corrected chi connectivity index (χ0v) is 15.4. The maximum atomic E-state index is 13.9. The van der Waals surface area contributed by atoms with Crippen LogP contribution < -0.4 is 0 Å². The van der Waals surface area contributed by atoms with E-state index in [0.29, 0.717) is 13.1 Å². The Bertz CT molecular complexity index is 534. The predicted octanol–water partition coefficient (Wildman–Crippen LogP) is 6.10. The SMILES string of the molecule is CCCCCCCCCN(CCCC)C(=O)c1ccc(F)c(F)c1F. The molecule has 1 aromatic rings. The first-order valence-electron chi connectivity index (χ1n) is 9.45. The average molecular weight is 357 g/mol. The molecule has 0 unspecified atom stereocenters. The summed E-state index contributed by atoms with van der Waals surface area (Å²) in [5.74, 6) is -4.82. The van der Waals surface area contributed by atoms with Crippen LogP contribution in [0.2, 0.25) is 0 Å². The van der Waals surface area contributed by atoms with Gasteiger partial charge >= 0.3 is 0 Å². The van der Waals surface area contributed by atoms with Gasteiger partial charge in [0.25, 0.3) is 5.91 Å². The van der Waals surface area contributed by atoms with Crippen molar-refractivity contribution in [1.82, 2.24) is 4.90 Å². The molecule has 0 atom stereocenters. The van der Waals surface area contributed by atoms with Crippen LogP contribution in [-0.4, -0.2) is 23.9 Å². The summed E-state index contributed by atoms with van der Waals surface area (Å²) in [6.45, 7) is 5.21. The molecule has 0 radical (unpaired) electrons. The molecule has 5 heteroatoms. The number of hydrogen-bond acceptors (Lipinski definition) is 1. The monoisotopic (exact) mass is 357 g/mol. The fraction of sp³-hybridized carbons (Fsp3) is 0.650. The van der Waals surface area contributed by atoms with Gasteiger partial charge < -0.3 is 4.90 Å². The minimum atomic E-state index is -1.59. The van der Waals surface area contributed by atoms with Crippen LogP contribution in [0, 0.1) is 17.5 Å². The van der Waals surface area contributed by atoms with Gasteiger partial charge in [-0.1, -0.05) is 58.8 Å². The Labute approximate surface area is 149 Å². The van der Waals surface area contributed by atoms with Crippen LogP contribution in [0.15, 0.2) is 12.1 Å². The number of carbonyl (C=O) groups is 1. The molecular formula is C20H30F3NO. The smallest absolute Gasteiger partial charge is 0.256 e. The standard InChI is InChI=1S/C20H30F3NO/c1-3-5-7-8-9-10-11-15-24(14-6-4-2)20(25)16-12-13-17(21)19(23)18(16)22/h12-13H,3-11,14-15H2,1-2H3. The summed E-state index contributed by atoms with van der Waals surface area (Å²) in [7, 11) is 0. The lowest BCUT2D eigenvalue weighted by Gasteiger charge is -2.23. The Balaban J connectivity index is 2.62. The van der Waals surface area contributed by atoms with Crippen molar-refractivity contribution < 1.29 is 18.0 Å². The van der Waals surface area contributed by atoms with E-state index in [4.69, 9.17) is 0 Å². The van der Waals surface area contributed by atoms with Crippen molar-refractivity contribution in [2.75, 3.05) is 13.1 Å². The fourth-order valence-corrected chi connectivity index (χ4v) is 2.79. The number of benzene rings is 1. The van der Waals surface area contributed by atoms with Crippen molar-refractivity contribution in [2.45, 2.75) is 71.6 Å². The van der Waals surface area contributed by atoms with Gasteiger partial charge in [0.1, 0.15) is 0 Å². The normalized spacial score (nSPS) is 10.9. The third kappa shape index (κ3) is 7.09. The van der Waals surface area contributed by atoms with Crippen molar-refractivity contribution >= 4 is 5.91 Å². The molecule has 2 nitrogen and oxygen atoms in total. The number of unbranched alkanes of at least 4 members (excludes halogenated alkanes) is 7. The molecule has 0 aliphatic heterocycles. The summed E-state index contributed by atoms with van der Waals surface area (Å²) in [6, 6.07) is 1.83. The van der Waals surface area contributed by atoms with Gasteiger partial charge in [0.05, 0.1) is 5.56 Å². The summed E-state index contributed by atoms with van der Waals surface area (Å²) in [6.07, 6.45) is 9.55. The first-order valence-corrected chi connectivity index (χ1v) is 9.45. The van der Waals surface area contributed by atoms with Crippen molar-refractivity contribution in [3.05, 3.63) is 35.1 Å². The largest absolute Gasteiger partial charge is 0.339 e. The Morgan fingerprint density at radius 3 is 2.00 bits per heavy atom. The minimum Gasteiger partial charge on any atom is -0.339 e. The highest BCUT2D eigenvalue weighted by atomic mass is 19.2. The van der Waals surface area contributed by atoms with Crippen molar-refractivity contribution in [3.8, 4) is 0 Å². The van der Waals surface area contributed by atoms with Gasteiger partial charge in [-0.15, -0.1) is 0 Å². The molecule has 0 fully saturated rings. The molecule has 0 aliphatic rings. The highest BCUT2D eigenvalue weighted by Crippen LogP contribution is 2.18. The second kappa shape index (κ2) is 11.9. The highest BCUT2D eigenvalue weighted by molar-refractivity contribution is 5.94. The first-order chi connectivity index (χ1) is 12.0. The van der Waals surface area contributed by atoms with Gasteiger partial charge in [0, 0.05) is 13.1 Å². The van der Waals surface area contributed by atoms with E-state index in [2.05, 4.69) is 6.92 Å². The molecule has 0 aromatic heterocycles. The second-order valence-corrected chi connectivity index (χ2v) is 6.49. The summed E-state index contributed by atoms with van der Waals surface area (Å²) in [4.78, 5) is 14.1. The number of amides is 1. The molecule has 0 heterocycles. The summed E-state index contributed by atoms with van der Waals surface area (Å²) in [5, 5.41) is 0. The van der Waals surface area contributed by atoms with Crippen LogP contribution in [0.25, 0.3) is 0 Å². The number of carbonyl (C=O) groups excluding carboxylic acids is 1. The molecule has 1 rings (SSSR count). The average Bonchev–Trinajstić information content (AvgIpc) is 2.61. The molecule has 1 aromatic carbocycles. The molecular weight excluding hydrogens is 327 g/mol. The van der Waals surface area contributed by atoms with Crippen LogP contribution >= 0.6 is 0 Å². The third-order valence-corrected chi connectivity index (χ3v) is 4.37. The van der Waals surface area contributed by atoms with Crippen LogP contribution in [-0.2, 0) is 0 Å². The van der Waals surface area contributed by atoms with Gasteiger partial charge in [-0.05, 0) is 25.0 Å². The zero-order valence-electron chi connectivity index (χ0n) is 15.4. The zero-order chi connectivity index (χ0) is 18.7. The maximum absolute atomic E-state index is 13.9. The molecule has 0 saturated heterocycles. The summed E-state index contributed by atoms with van der Waals surface area (Å²) < 4.78 is 40.4. The van der Waals surface area contributed by atoms with E-state index in [1.54, 1.807) is 4.90 Å². The molecule has 0 spiro atoms. The number of halogens is 3. The van der Waals surface area contributed by atoms with Gasteiger partial charge in [0.2, 0.25) is 0 Å². The number of nitrogens with zero attached hydrogens (tertiary/aromatic N) is 1. The van der Waals surface area contributed by atoms with Gasteiger partial charge in [-0.3, -0.25) is 4.79 Å². The molecule has 0 aliphatic carbocycles. The Kier molecular flexibility index (Phi) is 10.3. The fourth-order valence-electron chi connectivity index (χ4n) is 2.79. The topological polar surface area (TPSA) is 20.3 Å². The van der Waals surface area contributed by atoms with Crippen molar-refractivity contribution in [1.29, 1.82) is 0 Å². The molecule has 25 heavy (non-hydrogen) atoms. The lowest BCUT2D eigenvalue weighted by molar-refractivity contribution is 0.0744. The number of hydrogen-bond donors (Lipinski definition) is 0. The summed E-state index contributed by atoms with van der Waals surface area (Å²) in [5.41, 5.74) is -0.391. The second-order valence-electron chi connectivity index (χ2n) is 6.49. The lowest BCUT2D eigenvalue weighted by atomic mass is 10.1. The quantitative estimate of drug-likeness (QED) is 0.327. The molecule has 142 valence electrons. The highest BCUT2D eigenvalue weighted by Gasteiger charge is 2.22. The molecule has 0 bridgehead atoms. The molecule has 0 saturated carbocycles. The van der Waals surface area contributed by atoms with E-state index >= 15 is 0 Å². The Morgan fingerprint density at radius 2 is 1.36 bits per heavy atom. The van der Waals surface area contributed by atoms with E-state index in [1.165, 1.54) is 25.7 Å². The summed E-state index contributed by atoms with van der Waals surface area (Å²) >= 11 is 0. The van der Waals surface area contributed by atoms with E-state index in [1.807, 2.05) is 6.92 Å². The molecule has 0 N–H and O–H groups in total. The number of rotatable bonds is 12.